The highest BCUT2D eigenvalue weighted by atomic mass is 19.3. The number of piperidine rings is 2. The lowest BCUT2D eigenvalue weighted by Crippen LogP contribution is -2.55. The SMILES string of the molecule is CN1C2CCCC1CC(NC(=O)C(F)F)C2. The van der Waals surface area contributed by atoms with Gasteiger partial charge in [-0.2, -0.15) is 8.78 Å². The normalized spacial score (nSPS) is 35.1. The molecule has 0 aromatic rings. The van der Waals surface area contributed by atoms with Crippen LogP contribution >= 0.6 is 0 Å². The van der Waals surface area contributed by atoms with E-state index in [4.69, 9.17) is 0 Å². The van der Waals surface area contributed by atoms with Gasteiger partial charge in [-0.25, -0.2) is 0 Å². The zero-order valence-electron chi connectivity index (χ0n) is 9.46. The molecular weight excluding hydrogens is 214 g/mol. The van der Waals surface area contributed by atoms with E-state index in [-0.39, 0.29) is 6.04 Å². The maximum atomic E-state index is 12.1. The molecule has 16 heavy (non-hydrogen) atoms. The maximum absolute atomic E-state index is 12.1. The molecule has 2 aliphatic rings. The van der Waals surface area contributed by atoms with Gasteiger partial charge in [-0.3, -0.25) is 4.79 Å². The third-order valence-corrected chi connectivity index (χ3v) is 3.88. The number of rotatable bonds is 2. The lowest BCUT2D eigenvalue weighted by Gasteiger charge is -2.47. The highest BCUT2D eigenvalue weighted by Crippen LogP contribution is 2.32. The van der Waals surface area contributed by atoms with E-state index in [0.717, 1.165) is 25.7 Å². The van der Waals surface area contributed by atoms with Gasteiger partial charge in [-0.05, 0) is 32.7 Å². The van der Waals surface area contributed by atoms with Crippen LogP contribution in [0.2, 0.25) is 0 Å². The second-order valence-electron chi connectivity index (χ2n) is 4.88. The number of nitrogens with one attached hydrogen (secondary N) is 1. The highest BCUT2D eigenvalue weighted by molar-refractivity contribution is 5.79. The largest absolute Gasteiger partial charge is 0.348 e. The summed E-state index contributed by atoms with van der Waals surface area (Å²) in [6.07, 6.45) is 2.19. The molecule has 5 heteroatoms. The summed E-state index contributed by atoms with van der Waals surface area (Å²) in [5.74, 6) is -1.12. The van der Waals surface area contributed by atoms with Gasteiger partial charge in [0, 0.05) is 18.1 Å². The Balaban J connectivity index is 1.92. The fraction of sp³-hybridized carbons (Fsp3) is 0.909. The molecular formula is C11H18F2N2O. The minimum absolute atomic E-state index is 0.0620. The number of hydrogen-bond acceptors (Lipinski definition) is 2. The summed E-state index contributed by atoms with van der Waals surface area (Å²) < 4.78 is 24.3. The molecule has 0 aromatic heterocycles. The Hall–Kier alpha value is -0.710. The zero-order chi connectivity index (χ0) is 11.7. The van der Waals surface area contributed by atoms with E-state index in [1.165, 1.54) is 6.42 Å². The first-order valence-electron chi connectivity index (χ1n) is 5.88. The number of alkyl halides is 2. The third-order valence-electron chi connectivity index (χ3n) is 3.88. The van der Waals surface area contributed by atoms with Gasteiger partial charge >= 0.3 is 6.43 Å². The van der Waals surface area contributed by atoms with Gasteiger partial charge < -0.3 is 10.2 Å². The number of carbonyl (C=O) groups is 1. The molecule has 2 rings (SSSR count). The van der Waals surface area contributed by atoms with Crippen LogP contribution in [0.4, 0.5) is 8.78 Å². The van der Waals surface area contributed by atoms with Crippen LogP contribution in [0, 0.1) is 0 Å². The molecule has 0 aliphatic carbocycles. The Bertz CT molecular complexity index is 259. The number of hydrogen-bond donors (Lipinski definition) is 1. The lowest BCUT2D eigenvalue weighted by atomic mass is 9.82. The summed E-state index contributed by atoms with van der Waals surface area (Å²) in [6, 6.07) is 0.846. The molecule has 2 atom stereocenters. The standard InChI is InChI=1S/C11H18F2N2O/c1-15-8-3-2-4-9(15)6-7(5-8)14-11(16)10(12)13/h7-10H,2-6H2,1H3,(H,14,16). The summed E-state index contributed by atoms with van der Waals surface area (Å²) in [5.41, 5.74) is 0. The Morgan fingerprint density at radius 3 is 2.38 bits per heavy atom. The van der Waals surface area contributed by atoms with Crippen LogP contribution in [0.15, 0.2) is 0 Å². The summed E-state index contributed by atoms with van der Waals surface area (Å²) in [6.45, 7) is 0. The van der Waals surface area contributed by atoms with Crippen molar-refractivity contribution in [2.45, 2.75) is 56.7 Å². The number of fused-ring (bicyclic) bond motifs is 2. The van der Waals surface area contributed by atoms with Crippen molar-refractivity contribution in [2.75, 3.05) is 7.05 Å². The summed E-state index contributed by atoms with van der Waals surface area (Å²) in [7, 11) is 2.10. The first-order chi connectivity index (χ1) is 7.58. The Labute approximate surface area is 94.2 Å². The van der Waals surface area contributed by atoms with Crippen molar-refractivity contribution < 1.29 is 13.6 Å². The van der Waals surface area contributed by atoms with Crippen LogP contribution in [-0.2, 0) is 4.79 Å². The average molecular weight is 232 g/mol. The lowest BCUT2D eigenvalue weighted by molar-refractivity contribution is -0.133. The fourth-order valence-electron chi connectivity index (χ4n) is 3.00. The van der Waals surface area contributed by atoms with Crippen molar-refractivity contribution >= 4 is 5.91 Å². The molecule has 2 heterocycles. The predicted molar refractivity (Wildman–Crippen MR) is 56.4 cm³/mol. The van der Waals surface area contributed by atoms with E-state index >= 15 is 0 Å². The van der Waals surface area contributed by atoms with Crippen molar-refractivity contribution in [2.24, 2.45) is 0 Å². The Morgan fingerprint density at radius 1 is 1.31 bits per heavy atom. The minimum Gasteiger partial charge on any atom is -0.348 e. The molecule has 0 spiro atoms. The molecule has 1 amide bonds. The molecule has 2 bridgehead atoms. The summed E-state index contributed by atoms with van der Waals surface area (Å²) in [4.78, 5) is 13.3. The molecule has 2 aliphatic heterocycles. The van der Waals surface area contributed by atoms with Crippen LogP contribution in [0.5, 0.6) is 0 Å². The molecule has 0 radical (unpaired) electrons. The molecule has 2 fully saturated rings. The smallest absolute Gasteiger partial charge is 0.315 e. The van der Waals surface area contributed by atoms with Gasteiger partial charge in [0.25, 0.3) is 5.91 Å². The molecule has 3 nitrogen and oxygen atoms in total. The Kier molecular flexibility index (Phi) is 3.42. The van der Waals surface area contributed by atoms with Crippen LogP contribution < -0.4 is 5.32 Å². The number of amides is 1. The van der Waals surface area contributed by atoms with Crippen molar-refractivity contribution in [3.63, 3.8) is 0 Å². The van der Waals surface area contributed by atoms with Gasteiger partial charge in [0.2, 0.25) is 0 Å². The zero-order valence-corrected chi connectivity index (χ0v) is 9.46. The van der Waals surface area contributed by atoms with E-state index in [2.05, 4.69) is 17.3 Å². The first kappa shape index (κ1) is 11.8. The second kappa shape index (κ2) is 4.65. The number of halogens is 2. The van der Waals surface area contributed by atoms with E-state index in [9.17, 15) is 13.6 Å². The summed E-state index contributed by atoms with van der Waals surface area (Å²) >= 11 is 0. The predicted octanol–water partition coefficient (Wildman–Crippen LogP) is 1.38. The van der Waals surface area contributed by atoms with Crippen LogP contribution in [0.25, 0.3) is 0 Å². The van der Waals surface area contributed by atoms with Crippen molar-refractivity contribution in [1.29, 1.82) is 0 Å². The quantitative estimate of drug-likeness (QED) is 0.780. The van der Waals surface area contributed by atoms with Crippen molar-refractivity contribution in [3.8, 4) is 0 Å². The van der Waals surface area contributed by atoms with Gasteiger partial charge in [-0.15, -0.1) is 0 Å². The van der Waals surface area contributed by atoms with E-state index in [1.807, 2.05) is 0 Å². The van der Waals surface area contributed by atoms with E-state index < -0.39 is 12.3 Å². The Morgan fingerprint density at radius 2 is 1.88 bits per heavy atom. The van der Waals surface area contributed by atoms with Crippen molar-refractivity contribution in [3.05, 3.63) is 0 Å². The topological polar surface area (TPSA) is 32.3 Å². The van der Waals surface area contributed by atoms with Crippen molar-refractivity contribution in [1.82, 2.24) is 10.2 Å². The summed E-state index contributed by atoms with van der Waals surface area (Å²) in [5, 5.41) is 2.45. The molecule has 0 aromatic carbocycles. The van der Waals surface area contributed by atoms with Crippen LogP contribution in [0.1, 0.15) is 32.1 Å². The van der Waals surface area contributed by atoms with Crippen LogP contribution in [-0.4, -0.2) is 42.4 Å². The molecule has 92 valence electrons. The maximum Gasteiger partial charge on any atom is 0.315 e. The number of carbonyl (C=O) groups excluding carboxylic acids is 1. The molecule has 0 saturated carbocycles. The molecule has 2 saturated heterocycles. The van der Waals surface area contributed by atoms with E-state index in [0.29, 0.717) is 12.1 Å². The second-order valence-corrected chi connectivity index (χ2v) is 4.88. The fourth-order valence-corrected chi connectivity index (χ4v) is 3.00. The van der Waals surface area contributed by atoms with Crippen LogP contribution in [0.3, 0.4) is 0 Å². The molecule has 2 unspecified atom stereocenters. The number of nitrogens with zero attached hydrogens (tertiary/aromatic N) is 1. The first-order valence-corrected chi connectivity index (χ1v) is 5.88. The monoisotopic (exact) mass is 232 g/mol. The minimum atomic E-state index is -2.89. The average Bonchev–Trinajstić information content (AvgIpc) is 2.19. The van der Waals surface area contributed by atoms with Gasteiger partial charge in [0.05, 0.1) is 0 Å². The van der Waals surface area contributed by atoms with Gasteiger partial charge in [-0.1, -0.05) is 6.42 Å². The van der Waals surface area contributed by atoms with E-state index in [1.54, 1.807) is 0 Å². The third kappa shape index (κ3) is 2.34. The molecule has 1 N–H and O–H groups in total. The highest BCUT2D eigenvalue weighted by Gasteiger charge is 2.37. The van der Waals surface area contributed by atoms with Gasteiger partial charge in [0.1, 0.15) is 0 Å². The van der Waals surface area contributed by atoms with Gasteiger partial charge in [0.15, 0.2) is 0 Å².